The fourth-order valence-corrected chi connectivity index (χ4v) is 5.47. The number of hydrogen-bond acceptors (Lipinski definition) is 6. The molecule has 2 heterocycles. The number of hydrogen-bond donors (Lipinski definition) is 0. The van der Waals surface area contributed by atoms with Crippen LogP contribution in [-0.4, -0.2) is 24.4 Å². The zero-order chi connectivity index (χ0) is 12.8. The van der Waals surface area contributed by atoms with E-state index in [9.17, 15) is 9.13 Å². The highest BCUT2D eigenvalue weighted by molar-refractivity contribution is 7.81. The molecule has 0 spiro atoms. The molecule has 17 heavy (non-hydrogen) atoms. The average molecular weight is 325 g/mol. The van der Waals surface area contributed by atoms with E-state index in [1.165, 1.54) is 0 Å². The van der Waals surface area contributed by atoms with E-state index < -0.39 is 38.3 Å². The van der Waals surface area contributed by atoms with Gasteiger partial charge in [-0.25, -0.2) is 9.13 Å². The molecule has 10 heteroatoms. The Morgan fingerprint density at radius 1 is 0.882 bits per heavy atom. The van der Waals surface area contributed by atoms with Gasteiger partial charge in [0.05, 0.1) is 24.4 Å². The van der Waals surface area contributed by atoms with Crippen LogP contribution in [0.2, 0.25) is 0 Å². The molecule has 6 unspecified atom stereocenters. The second-order valence-electron chi connectivity index (χ2n) is 4.01. The second-order valence-corrected chi connectivity index (χ2v) is 9.06. The van der Waals surface area contributed by atoms with Gasteiger partial charge in [-0.05, 0) is 13.8 Å². The standard InChI is InChI=1S/C7H12Cl2O6P2/c1-4-6(14-16(8,10)12-4)3-7-5(2)13-17(9,11)15-7/h4-7H,3H2,1-2H3. The van der Waals surface area contributed by atoms with Crippen LogP contribution < -0.4 is 0 Å². The lowest BCUT2D eigenvalue weighted by atomic mass is 10.0. The largest absolute Gasteiger partial charge is 0.424 e. The summed E-state index contributed by atoms with van der Waals surface area (Å²) in [4.78, 5) is 0. The predicted octanol–water partition coefficient (Wildman–Crippen LogP) is 3.68. The van der Waals surface area contributed by atoms with Crippen molar-refractivity contribution in [3.63, 3.8) is 0 Å². The van der Waals surface area contributed by atoms with E-state index >= 15 is 0 Å². The zero-order valence-electron chi connectivity index (χ0n) is 9.12. The van der Waals surface area contributed by atoms with E-state index in [2.05, 4.69) is 0 Å². The van der Waals surface area contributed by atoms with Crippen molar-refractivity contribution in [1.82, 2.24) is 0 Å². The summed E-state index contributed by atoms with van der Waals surface area (Å²) in [7, 11) is 0. The van der Waals surface area contributed by atoms with E-state index in [0.29, 0.717) is 6.42 Å². The molecule has 0 aliphatic carbocycles. The van der Waals surface area contributed by atoms with Crippen molar-refractivity contribution in [2.24, 2.45) is 0 Å². The summed E-state index contributed by atoms with van der Waals surface area (Å²) in [5.41, 5.74) is 0. The van der Waals surface area contributed by atoms with Crippen molar-refractivity contribution in [2.45, 2.75) is 44.7 Å². The minimum atomic E-state index is -3.49. The van der Waals surface area contributed by atoms with E-state index in [-0.39, 0.29) is 0 Å². The van der Waals surface area contributed by atoms with E-state index in [1.54, 1.807) is 13.8 Å². The molecule has 2 aliphatic heterocycles. The van der Waals surface area contributed by atoms with Crippen LogP contribution in [0.4, 0.5) is 0 Å². The Labute approximate surface area is 108 Å². The molecule has 0 radical (unpaired) electrons. The molecule has 2 rings (SSSR count). The number of halogens is 2. The quantitative estimate of drug-likeness (QED) is 0.721. The molecule has 0 N–H and O–H groups in total. The zero-order valence-corrected chi connectivity index (χ0v) is 12.4. The number of rotatable bonds is 2. The van der Waals surface area contributed by atoms with Crippen LogP contribution in [-0.2, 0) is 27.2 Å². The molecule has 6 atom stereocenters. The first kappa shape index (κ1) is 14.3. The first-order chi connectivity index (χ1) is 7.69. The fourth-order valence-electron chi connectivity index (χ4n) is 1.78. The van der Waals surface area contributed by atoms with Crippen LogP contribution in [0.5, 0.6) is 0 Å². The highest BCUT2D eigenvalue weighted by Crippen LogP contribution is 2.64. The minimum absolute atomic E-state index is 0.301. The summed E-state index contributed by atoms with van der Waals surface area (Å²) in [6.45, 7) is -3.60. The second kappa shape index (κ2) is 4.77. The molecule has 6 nitrogen and oxygen atoms in total. The van der Waals surface area contributed by atoms with Crippen molar-refractivity contribution < 1.29 is 27.2 Å². The molecular weight excluding hydrogens is 313 g/mol. The van der Waals surface area contributed by atoms with Gasteiger partial charge in [0, 0.05) is 28.9 Å². The van der Waals surface area contributed by atoms with Gasteiger partial charge in [0.1, 0.15) is 0 Å². The molecule has 2 saturated heterocycles. The summed E-state index contributed by atoms with van der Waals surface area (Å²) in [6.07, 6.45) is -1.54. The lowest BCUT2D eigenvalue weighted by Crippen LogP contribution is -2.29. The molecule has 0 amide bonds. The molecule has 0 aromatic rings. The van der Waals surface area contributed by atoms with Crippen LogP contribution in [0, 0.1) is 0 Å². The van der Waals surface area contributed by atoms with Crippen molar-refractivity contribution in [2.75, 3.05) is 0 Å². The third-order valence-corrected chi connectivity index (χ3v) is 5.79. The summed E-state index contributed by atoms with van der Waals surface area (Å²) >= 11 is 11.0. The smallest absolute Gasteiger partial charge is 0.291 e. The van der Waals surface area contributed by atoms with Crippen molar-refractivity contribution in [3.05, 3.63) is 0 Å². The van der Waals surface area contributed by atoms with Crippen LogP contribution in [0.25, 0.3) is 0 Å². The summed E-state index contributed by atoms with van der Waals surface area (Å²) in [5, 5.41) is 0. The van der Waals surface area contributed by atoms with Crippen LogP contribution in [0.15, 0.2) is 0 Å². The van der Waals surface area contributed by atoms with Gasteiger partial charge >= 0.3 is 13.9 Å². The maximum atomic E-state index is 11.4. The third kappa shape index (κ3) is 3.46. The molecule has 0 saturated carbocycles. The average Bonchev–Trinajstić information content (AvgIpc) is 2.50. The molecular formula is C7H12Cl2O6P2. The molecule has 0 aromatic heterocycles. The maximum absolute atomic E-state index is 11.4. The Kier molecular flexibility index (Phi) is 4.01. The first-order valence-corrected chi connectivity index (χ1v) is 9.91. The molecule has 0 aromatic carbocycles. The predicted molar refractivity (Wildman–Crippen MR) is 62.4 cm³/mol. The van der Waals surface area contributed by atoms with Crippen LogP contribution >= 0.6 is 36.4 Å². The van der Waals surface area contributed by atoms with Crippen molar-refractivity contribution >= 4 is 36.4 Å². The lowest BCUT2D eigenvalue weighted by Gasteiger charge is -2.17. The molecule has 2 fully saturated rings. The van der Waals surface area contributed by atoms with Gasteiger partial charge < -0.3 is 0 Å². The van der Waals surface area contributed by atoms with Crippen molar-refractivity contribution in [1.29, 1.82) is 0 Å². The van der Waals surface area contributed by atoms with E-state index in [4.69, 9.17) is 40.6 Å². The normalized spacial score (nSPS) is 55.3. The van der Waals surface area contributed by atoms with Gasteiger partial charge in [0.15, 0.2) is 0 Å². The topological polar surface area (TPSA) is 71.1 Å². The fraction of sp³-hybridized carbons (Fsp3) is 1.00. The van der Waals surface area contributed by atoms with Gasteiger partial charge in [-0.2, -0.15) is 0 Å². The Bertz CT molecular complexity index is 368. The Morgan fingerprint density at radius 2 is 1.24 bits per heavy atom. The van der Waals surface area contributed by atoms with Gasteiger partial charge in [0.2, 0.25) is 0 Å². The van der Waals surface area contributed by atoms with E-state index in [0.717, 1.165) is 0 Å². The maximum Gasteiger partial charge on any atom is 0.424 e. The summed E-state index contributed by atoms with van der Waals surface area (Å²) in [6, 6.07) is 0. The molecule has 0 bridgehead atoms. The molecule has 100 valence electrons. The van der Waals surface area contributed by atoms with Gasteiger partial charge in [-0.1, -0.05) is 0 Å². The van der Waals surface area contributed by atoms with Crippen LogP contribution in [0.3, 0.4) is 0 Å². The van der Waals surface area contributed by atoms with Crippen LogP contribution in [0.1, 0.15) is 20.3 Å². The monoisotopic (exact) mass is 324 g/mol. The third-order valence-electron chi connectivity index (χ3n) is 2.62. The lowest BCUT2D eigenvalue weighted by molar-refractivity contribution is 0.0847. The van der Waals surface area contributed by atoms with Gasteiger partial charge in [0.25, 0.3) is 0 Å². The summed E-state index contributed by atoms with van der Waals surface area (Å²) < 4.78 is 42.8. The minimum Gasteiger partial charge on any atom is -0.291 e. The van der Waals surface area contributed by atoms with Crippen molar-refractivity contribution in [3.8, 4) is 0 Å². The van der Waals surface area contributed by atoms with E-state index in [1.807, 2.05) is 0 Å². The molecule has 2 aliphatic rings. The van der Waals surface area contributed by atoms with Gasteiger partial charge in [-0.15, -0.1) is 0 Å². The highest BCUT2D eigenvalue weighted by Gasteiger charge is 2.47. The first-order valence-electron chi connectivity index (χ1n) is 5.01. The Balaban J connectivity index is 1.99. The SMILES string of the molecule is CC1OP(=O)(Cl)OC1CC1OP(=O)(Cl)OC1C. The van der Waals surface area contributed by atoms with Gasteiger partial charge in [-0.3, -0.25) is 18.1 Å². The Morgan fingerprint density at radius 3 is 1.47 bits per heavy atom. The highest BCUT2D eigenvalue weighted by atomic mass is 35.7. The summed E-state index contributed by atoms with van der Waals surface area (Å²) in [5.74, 6) is 0. The Hall–Kier alpha value is 0.880.